The zero-order valence-corrected chi connectivity index (χ0v) is 29.2. The number of aromatic amines is 1. The third-order valence-electron chi connectivity index (χ3n) is 9.30. The van der Waals surface area contributed by atoms with Crippen LogP contribution in [-0.4, -0.2) is 38.6 Å². The van der Waals surface area contributed by atoms with Crippen LogP contribution in [0.4, 0.5) is 5.69 Å². The van der Waals surface area contributed by atoms with E-state index in [9.17, 15) is 9.59 Å². The van der Waals surface area contributed by atoms with E-state index in [4.69, 9.17) is 19.9 Å². The number of furan rings is 1. The van der Waals surface area contributed by atoms with Gasteiger partial charge in [-0.2, -0.15) is 0 Å². The average Bonchev–Trinajstić information content (AvgIpc) is 3.76. The molecule has 0 spiro atoms. The van der Waals surface area contributed by atoms with Gasteiger partial charge < -0.3 is 30.5 Å². The summed E-state index contributed by atoms with van der Waals surface area (Å²) < 4.78 is 13.4. The molecule has 1 atom stereocenters. The SMILES string of the molecule is C[C@@H](Nc1cnc(-c2ccc(OCCCCCCCN)cc2)n(CC(=O)NCc2cc3cnccc3[nH]2)c1=O)c1ccc2oc3ccccc3c2c1. The largest absolute Gasteiger partial charge is 0.494 e. The summed E-state index contributed by atoms with van der Waals surface area (Å²) in [6.07, 6.45) is 10.4. The molecule has 7 rings (SSSR count). The van der Waals surface area contributed by atoms with Gasteiger partial charge in [-0.25, -0.2) is 4.98 Å². The monoisotopic (exact) mass is 697 g/mol. The lowest BCUT2D eigenvalue weighted by molar-refractivity contribution is -0.121. The number of amides is 1. The van der Waals surface area contributed by atoms with E-state index in [-0.39, 0.29) is 36.3 Å². The third-order valence-corrected chi connectivity index (χ3v) is 9.30. The first kappa shape index (κ1) is 34.5. The van der Waals surface area contributed by atoms with Crippen molar-refractivity contribution in [2.24, 2.45) is 5.73 Å². The Morgan fingerprint density at radius 2 is 1.75 bits per heavy atom. The second-order valence-electron chi connectivity index (χ2n) is 13.1. The van der Waals surface area contributed by atoms with E-state index in [2.05, 4.69) is 26.7 Å². The van der Waals surface area contributed by atoms with Crippen molar-refractivity contribution >= 4 is 44.4 Å². The van der Waals surface area contributed by atoms with E-state index >= 15 is 0 Å². The van der Waals surface area contributed by atoms with Gasteiger partial charge in [0.25, 0.3) is 5.56 Å². The van der Waals surface area contributed by atoms with Crippen LogP contribution in [0.25, 0.3) is 44.2 Å². The van der Waals surface area contributed by atoms with Crippen molar-refractivity contribution in [3.8, 4) is 17.1 Å². The van der Waals surface area contributed by atoms with E-state index in [1.165, 1.54) is 4.57 Å². The number of pyridine rings is 1. The number of hydrogen-bond acceptors (Lipinski definition) is 8. The molecular weight excluding hydrogens is 654 g/mol. The van der Waals surface area contributed by atoms with Crippen molar-refractivity contribution in [3.05, 3.63) is 119 Å². The molecule has 0 saturated carbocycles. The Morgan fingerprint density at radius 1 is 0.942 bits per heavy atom. The number of nitrogens with zero attached hydrogens (tertiary/aromatic N) is 3. The molecule has 4 aromatic heterocycles. The first-order valence-electron chi connectivity index (χ1n) is 17.9. The molecule has 52 heavy (non-hydrogen) atoms. The molecule has 0 aliphatic rings. The van der Waals surface area contributed by atoms with E-state index in [1.807, 2.05) is 79.7 Å². The molecule has 1 amide bonds. The zero-order chi connectivity index (χ0) is 35.9. The number of fused-ring (bicyclic) bond motifs is 4. The van der Waals surface area contributed by atoms with Gasteiger partial charge in [-0.15, -0.1) is 0 Å². The highest BCUT2D eigenvalue weighted by Crippen LogP contribution is 2.31. The molecule has 0 saturated heterocycles. The summed E-state index contributed by atoms with van der Waals surface area (Å²) >= 11 is 0. The van der Waals surface area contributed by atoms with Gasteiger partial charge in [0.1, 0.15) is 35.0 Å². The topological polar surface area (TPSA) is 153 Å². The van der Waals surface area contributed by atoms with Gasteiger partial charge >= 0.3 is 0 Å². The molecule has 0 aliphatic heterocycles. The summed E-state index contributed by atoms with van der Waals surface area (Å²) in [4.78, 5) is 39.7. The van der Waals surface area contributed by atoms with Crippen molar-refractivity contribution in [1.29, 1.82) is 0 Å². The number of hydrogen-bond donors (Lipinski definition) is 4. The van der Waals surface area contributed by atoms with Crippen molar-refractivity contribution in [1.82, 2.24) is 24.8 Å². The Bertz CT molecular complexity index is 2330. The number of unbranched alkanes of at least 4 members (excludes halogenated alkanes) is 4. The van der Waals surface area contributed by atoms with Crippen LogP contribution < -0.4 is 26.7 Å². The molecule has 11 heteroatoms. The number of aromatic nitrogens is 4. The van der Waals surface area contributed by atoms with Gasteiger partial charge in [0.15, 0.2) is 0 Å². The molecule has 0 fully saturated rings. The van der Waals surface area contributed by atoms with Crippen LogP contribution in [0.15, 0.2) is 107 Å². The van der Waals surface area contributed by atoms with Gasteiger partial charge in [-0.1, -0.05) is 43.5 Å². The van der Waals surface area contributed by atoms with E-state index in [0.717, 1.165) is 88.5 Å². The van der Waals surface area contributed by atoms with Crippen LogP contribution in [0.2, 0.25) is 0 Å². The Morgan fingerprint density at radius 3 is 2.60 bits per heavy atom. The maximum atomic E-state index is 14.2. The molecule has 0 radical (unpaired) electrons. The van der Waals surface area contributed by atoms with Crippen molar-refractivity contribution in [2.75, 3.05) is 18.5 Å². The summed E-state index contributed by atoms with van der Waals surface area (Å²) in [5.41, 5.74) is 10.6. The van der Waals surface area contributed by atoms with E-state index in [0.29, 0.717) is 18.0 Å². The first-order valence-corrected chi connectivity index (χ1v) is 17.9. The molecular formula is C41H43N7O4. The lowest BCUT2D eigenvalue weighted by atomic mass is 10.0. The number of H-pyrrole nitrogens is 1. The number of carbonyl (C=O) groups is 1. The average molecular weight is 698 g/mol. The Labute approximate surface area is 301 Å². The Balaban J connectivity index is 1.11. The number of para-hydroxylation sites is 1. The molecule has 11 nitrogen and oxygen atoms in total. The highest BCUT2D eigenvalue weighted by molar-refractivity contribution is 6.05. The number of benzene rings is 3. The predicted octanol–water partition coefficient (Wildman–Crippen LogP) is 7.46. The van der Waals surface area contributed by atoms with Gasteiger partial charge in [-0.3, -0.25) is 19.1 Å². The number of ether oxygens (including phenoxy) is 1. The molecule has 7 aromatic rings. The molecule has 266 valence electrons. The standard InChI is InChI=1S/C41H43N7O4/c1-27(29-13-16-38-34(22-29)33-9-5-6-10-37(33)52-38)46-36-25-45-40(28-11-14-32(15-12-28)51-20-8-4-2-3-7-18-42)48(41(36)50)26-39(49)44-24-31-21-30-23-43-19-17-35(30)47-31/h5-6,9-17,19,21-23,25,27,46-47H,2-4,7-8,18,20,24,26,42H2,1H3,(H,44,49)/t27-/m1/s1. The Hall–Kier alpha value is -5.94. The van der Waals surface area contributed by atoms with E-state index < -0.39 is 0 Å². The van der Waals surface area contributed by atoms with Crippen LogP contribution in [-0.2, 0) is 17.9 Å². The fourth-order valence-electron chi connectivity index (χ4n) is 6.49. The number of anilines is 1. The molecule has 4 heterocycles. The smallest absolute Gasteiger partial charge is 0.277 e. The van der Waals surface area contributed by atoms with Crippen molar-refractivity contribution in [2.45, 2.75) is 58.2 Å². The Kier molecular flexibility index (Phi) is 10.6. The van der Waals surface area contributed by atoms with Crippen LogP contribution in [0.3, 0.4) is 0 Å². The lowest BCUT2D eigenvalue weighted by Crippen LogP contribution is -2.34. The summed E-state index contributed by atoms with van der Waals surface area (Å²) in [7, 11) is 0. The van der Waals surface area contributed by atoms with Crippen LogP contribution in [0.1, 0.15) is 56.3 Å². The summed E-state index contributed by atoms with van der Waals surface area (Å²) in [6.45, 7) is 3.40. The number of rotatable bonds is 16. The summed E-state index contributed by atoms with van der Waals surface area (Å²) in [5.74, 6) is 0.795. The predicted molar refractivity (Wildman–Crippen MR) is 205 cm³/mol. The fourth-order valence-corrected chi connectivity index (χ4v) is 6.49. The fraction of sp³-hybridized carbons (Fsp3) is 0.268. The van der Waals surface area contributed by atoms with Gasteiger partial charge in [0.05, 0.1) is 19.3 Å². The highest BCUT2D eigenvalue weighted by atomic mass is 16.5. The third kappa shape index (κ3) is 7.84. The van der Waals surface area contributed by atoms with Crippen molar-refractivity contribution in [3.63, 3.8) is 0 Å². The van der Waals surface area contributed by atoms with Crippen LogP contribution in [0.5, 0.6) is 5.75 Å². The minimum Gasteiger partial charge on any atom is -0.494 e. The summed E-state index contributed by atoms with van der Waals surface area (Å²) in [6, 6.07) is 25.0. The molecule has 5 N–H and O–H groups in total. The quantitative estimate of drug-likeness (QED) is 0.0759. The number of nitrogens with two attached hydrogens (primary N) is 1. The maximum Gasteiger partial charge on any atom is 0.277 e. The second-order valence-corrected chi connectivity index (χ2v) is 13.1. The number of carbonyl (C=O) groups excluding carboxylic acids is 1. The minimum atomic E-state index is -0.353. The van der Waals surface area contributed by atoms with Gasteiger partial charge in [-0.05, 0) is 86.5 Å². The maximum absolute atomic E-state index is 14.2. The zero-order valence-electron chi connectivity index (χ0n) is 29.2. The number of nitrogens with one attached hydrogen (secondary N) is 3. The normalized spacial score (nSPS) is 12.0. The summed E-state index contributed by atoms with van der Waals surface area (Å²) in [5, 5.41) is 9.30. The van der Waals surface area contributed by atoms with Gasteiger partial charge in [0.2, 0.25) is 5.91 Å². The highest BCUT2D eigenvalue weighted by Gasteiger charge is 2.18. The molecule has 0 aliphatic carbocycles. The molecule has 0 bridgehead atoms. The van der Waals surface area contributed by atoms with Crippen molar-refractivity contribution < 1.29 is 13.9 Å². The second kappa shape index (κ2) is 15.9. The van der Waals surface area contributed by atoms with Gasteiger partial charge in [0, 0.05) is 51.4 Å². The molecule has 0 unspecified atom stereocenters. The van der Waals surface area contributed by atoms with Crippen LogP contribution >= 0.6 is 0 Å². The minimum absolute atomic E-state index is 0.220. The molecule has 3 aromatic carbocycles. The first-order chi connectivity index (χ1) is 25.5. The van der Waals surface area contributed by atoms with Crippen LogP contribution in [0, 0.1) is 0 Å². The lowest BCUT2D eigenvalue weighted by Gasteiger charge is -2.18. The van der Waals surface area contributed by atoms with E-state index in [1.54, 1.807) is 18.6 Å².